The third-order valence-corrected chi connectivity index (χ3v) is 5.37. The molecule has 37 heavy (non-hydrogen) atoms. The van der Waals surface area contributed by atoms with Gasteiger partial charge in [-0.2, -0.15) is 8.78 Å². The SMILES string of the molecule is CN(CCC(Oc1ccc(C(F)(F)c2ccc(OC(F)(F)F)cc2)cc1)c1ccc(F)cc1)CC(=O)O. The predicted octanol–water partition coefficient (Wildman–Crippen LogP) is 6.39. The normalized spacial score (nSPS) is 12.9. The molecule has 3 aromatic rings. The molecule has 0 aliphatic carbocycles. The van der Waals surface area contributed by atoms with Crippen LogP contribution < -0.4 is 9.47 Å². The van der Waals surface area contributed by atoms with E-state index < -0.39 is 47.1 Å². The summed E-state index contributed by atoms with van der Waals surface area (Å²) in [6.45, 7) is 0.141. The third-order valence-electron chi connectivity index (χ3n) is 5.37. The van der Waals surface area contributed by atoms with Crippen molar-refractivity contribution in [1.82, 2.24) is 4.90 Å². The van der Waals surface area contributed by atoms with Crippen LogP contribution in [-0.4, -0.2) is 42.5 Å². The molecule has 0 aliphatic heterocycles. The second-order valence-electron chi connectivity index (χ2n) is 8.25. The topological polar surface area (TPSA) is 59.0 Å². The first-order valence-electron chi connectivity index (χ1n) is 11.0. The highest BCUT2D eigenvalue weighted by molar-refractivity contribution is 5.69. The van der Waals surface area contributed by atoms with E-state index in [9.17, 15) is 31.1 Å². The maximum atomic E-state index is 15.0. The van der Waals surface area contributed by atoms with Gasteiger partial charge in [-0.15, -0.1) is 13.2 Å². The third kappa shape index (κ3) is 8.14. The summed E-state index contributed by atoms with van der Waals surface area (Å²) >= 11 is 0. The van der Waals surface area contributed by atoms with Gasteiger partial charge in [-0.05, 0) is 73.3 Å². The van der Waals surface area contributed by atoms with Crippen LogP contribution >= 0.6 is 0 Å². The zero-order valence-electron chi connectivity index (χ0n) is 19.5. The van der Waals surface area contributed by atoms with Crippen LogP contribution in [0.4, 0.5) is 26.3 Å². The number of ether oxygens (including phenoxy) is 2. The first-order chi connectivity index (χ1) is 17.3. The Morgan fingerprint density at radius 3 is 1.86 bits per heavy atom. The van der Waals surface area contributed by atoms with E-state index in [2.05, 4.69) is 4.74 Å². The number of rotatable bonds is 11. The standard InChI is InChI=1S/C26H23F6NO4/c1-33(16-24(34)35)15-14-23(17-2-8-20(27)9-3-17)36-21-10-4-18(5-11-21)25(28,29)19-6-12-22(13-7-19)37-26(30,31)32/h2-13,23H,14-16H2,1H3,(H,34,35). The van der Waals surface area contributed by atoms with Crippen molar-refractivity contribution in [1.29, 1.82) is 0 Å². The summed E-state index contributed by atoms with van der Waals surface area (Å²) in [6.07, 6.45) is -5.22. The van der Waals surface area contributed by atoms with Crippen molar-refractivity contribution in [2.24, 2.45) is 0 Å². The quantitative estimate of drug-likeness (QED) is 0.293. The Kier molecular flexibility index (Phi) is 8.69. The molecule has 0 bridgehead atoms. The number of aliphatic carboxylic acids is 1. The van der Waals surface area contributed by atoms with Gasteiger partial charge in [-0.3, -0.25) is 9.69 Å². The molecule has 1 unspecified atom stereocenters. The molecule has 1 N–H and O–H groups in total. The summed E-state index contributed by atoms with van der Waals surface area (Å²) in [5.74, 6) is -5.33. The highest BCUT2D eigenvalue weighted by Crippen LogP contribution is 2.38. The fourth-order valence-electron chi connectivity index (χ4n) is 3.56. The molecule has 0 radical (unpaired) electrons. The molecule has 0 aliphatic rings. The molecule has 0 saturated heterocycles. The summed E-state index contributed by atoms with van der Waals surface area (Å²) in [4.78, 5) is 12.5. The molecule has 11 heteroatoms. The summed E-state index contributed by atoms with van der Waals surface area (Å²) < 4.78 is 89.9. The molecule has 0 fully saturated rings. The minimum Gasteiger partial charge on any atom is -0.486 e. The van der Waals surface area contributed by atoms with E-state index in [1.165, 1.54) is 36.4 Å². The van der Waals surface area contributed by atoms with Gasteiger partial charge in [0.1, 0.15) is 23.4 Å². The predicted molar refractivity (Wildman–Crippen MR) is 122 cm³/mol. The summed E-state index contributed by atoms with van der Waals surface area (Å²) in [5, 5.41) is 8.94. The Balaban J connectivity index is 1.75. The number of hydrogen-bond donors (Lipinski definition) is 1. The van der Waals surface area contributed by atoms with E-state index in [0.717, 1.165) is 36.4 Å². The maximum absolute atomic E-state index is 15.0. The Hall–Kier alpha value is -3.73. The average molecular weight is 527 g/mol. The highest BCUT2D eigenvalue weighted by atomic mass is 19.4. The molecule has 3 rings (SSSR count). The van der Waals surface area contributed by atoms with E-state index in [0.29, 0.717) is 18.5 Å². The lowest BCUT2D eigenvalue weighted by Crippen LogP contribution is -2.28. The van der Waals surface area contributed by atoms with Crippen LogP contribution in [0.5, 0.6) is 11.5 Å². The largest absolute Gasteiger partial charge is 0.573 e. The van der Waals surface area contributed by atoms with E-state index in [-0.39, 0.29) is 12.3 Å². The fourth-order valence-corrected chi connectivity index (χ4v) is 3.56. The number of benzene rings is 3. The average Bonchev–Trinajstić information content (AvgIpc) is 2.81. The number of carboxylic acids is 1. The number of alkyl halides is 5. The van der Waals surface area contributed by atoms with E-state index in [1.807, 2.05) is 0 Å². The molecule has 198 valence electrons. The van der Waals surface area contributed by atoms with Gasteiger partial charge in [0, 0.05) is 24.1 Å². The minimum absolute atomic E-state index is 0.191. The van der Waals surface area contributed by atoms with Gasteiger partial charge in [0.25, 0.3) is 5.92 Å². The minimum atomic E-state index is -4.93. The van der Waals surface area contributed by atoms with Crippen molar-refractivity contribution in [3.05, 3.63) is 95.3 Å². The number of hydrogen-bond acceptors (Lipinski definition) is 4. The van der Waals surface area contributed by atoms with Crippen molar-refractivity contribution >= 4 is 5.97 Å². The van der Waals surface area contributed by atoms with Crippen LogP contribution in [0, 0.1) is 5.82 Å². The van der Waals surface area contributed by atoms with E-state index in [1.54, 1.807) is 11.9 Å². The van der Waals surface area contributed by atoms with Crippen LogP contribution in [0.15, 0.2) is 72.8 Å². The maximum Gasteiger partial charge on any atom is 0.573 e. The summed E-state index contributed by atoms with van der Waals surface area (Å²) in [6, 6.07) is 13.8. The zero-order chi connectivity index (χ0) is 27.2. The van der Waals surface area contributed by atoms with Gasteiger partial charge < -0.3 is 14.6 Å². The number of halogens is 6. The van der Waals surface area contributed by atoms with Gasteiger partial charge in [-0.1, -0.05) is 12.1 Å². The van der Waals surface area contributed by atoms with E-state index in [4.69, 9.17) is 9.84 Å². The molecule has 0 heterocycles. The Labute approximate surface area is 208 Å². The van der Waals surface area contributed by atoms with Gasteiger partial charge in [0.15, 0.2) is 0 Å². The molecule has 5 nitrogen and oxygen atoms in total. The van der Waals surface area contributed by atoms with Gasteiger partial charge >= 0.3 is 12.3 Å². The lowest BCUT2D eigenvalue weighted by Gasteiger charge is -2.23. The molecule has 3 aromatic carbocycles. The lowest BCUT2D eigenvalue weighted by atomic mass is 10.00. The Bertz CT molecular complexity index is 1170. The molecule has 0 spiro atoms. The Morgan fingerprint density at radius 2 is 1.38 bits per heavy atom. The summed E-state index contributed by atoms with van der Waals surface area (Å²) in [7, 11) is 1.62. The highest BCUT2D eigenvalue weighted by Gasteiger charge is 2.35. The monoisotopic (exact) mass is 527 g/mol. The van der Waals surface area contributed by atoms with Crippen LogP contribution in [0.3, 0.4) is 0 Å². The molecule has 0 saturated carbocycles. The lowest BCUT2D eigenvalue weighted by molar-refractivity contribution is -0.274. The van der Waals surface area contributed by atoms with Crippen LogP contribution in [0.25, 0.3) is 0 Å². The van der Waals surface area contributed by atoms with Crippen LogP contribution in [0.1, 0.15) is 29.2 Å². The number of carboxylic acid groups (broad SMARTS) is 1. The van der Waals surface area contributed by atoms with Crippen LogP contribution in [-0.2, 0) is 10.7 Å². The molecular weight excluding hydrogens is 504 g/mol. The van der Waals surface area contributed by atoms with Crippen molar-refractivity contribution in [2.75, 3.05) is 20.1 Å². The number of nitrogens with zero attached hydrogens (tertiary/aromatic N) is 1. The first kappa shape index (κ1) is 27.9. The number of carbonyl (C=O) groups is 1. The van der Waals surface area contributed by atoms with Crippen molar-refractivity contribution < 1.29 is 45.7 Å². The fraction of sp³-hybridized carbons (Fsp3) is 0.269. The zero-order valence-corrected chi connectivity index (χ0v) is 19.5. The van der Waals surface area contributed by atoms with Gasteiger partial charge in [0.2, 0.25) is 0 Å². The number of likely N-dealkylation sites (N-methyl/N-ethyl adjacent to an activating group) is 1. The van der Waals surface area contributed by atoms with Gasteiger partial charge in [-0.25, -0.2) is 4.39 Å². The molecule has 1 atom stereocenters. The second-order valence-corrected chi connectivity index (χ2v) is 8.25. The van der Waals surface area contributed by atoms with Crippen molar-refractivity contribution in [3.8, 4) is 11.5 Å². The smallest absolute Gasteiger partial charge is 0.486 e. The summed E-state index contributed by atoms with van der Waals surface area (Å²) in [5.41, 5.74) is -0.328. The Morgan fingerprint density at radius 1 is 0.865 bits per heavy atom. The van der Waals surface area contributed by atoms with Gasteiger partial charge in [0.05, 0.1) is 6.54 Å². The first-order valence-corrected chi connectivity index (χ1v) is 11.0. The van der Waals surface area contributed by atoms with Crippen LogP contribution in [0.2, 0.25) is 0 Å². The van der Waals surface area contributed by atoms with Crippen molar-refractivity contribution in [2.45, 2.75) is 24.8 Å². The van der Waals surface area contributed by atoms with E-state index >= 15 is 0 Å². The molecule has 0 amide bonds. The molecule has 0 aromatic heterocycles. The molecular formula is C26H23F6NO4. The second kappa shape index (κ2) is 11.5. The van der Waals surface area contributed by atoms with Crippen molar-refractivity contribution in [3.63, 3.8) is 0 Å².